The van der Waals surface area contributed by atoms with Gasteiger partial charge >= 0.3 is 0 Å². The lowest BCUT2D eigenvalue weighted by atomic mass is 10.1. The molecule has 2 rings (SSSR count). The molecule has 2 aliphatic carbocycles. The minimum atomic E-state index is 0.350. The molecule has 1 heteroatoms. The summed E-state index contributed by atoms with van der Waals surface area (Å²) in [6.07, 6.45) is 6.51. The molecule has 2 atom stereocenters. The smallest absolute Gasteiger partial charge is 0.0260 e. The third-order valence-electron chi connectivity index (χ3n) is 3.14. The molecular formula is C10H17N. The Bertz CT molecular complexity index is 197. The number of nitrogens with two attached hydrogens (primary N) is 1. The van der Waals surface area contributed by atoms with Crippen LogP contribution in [0, 0.1) is 11.3 Å². The maximum Gasteiger partial charge on any atom is 0.0260 e. The Kier molecular flexibility index (Phi) is 1.40. The van der Waals surface area contributed by atoms with Gasteiger partial charge in [0, 0.05) is 6.04 Å². The Morgan fingerprint density at radius 2 is 2.18 bits per heavy atom. The van der Waals surface area contributed by atoms with Gasteiger partial charge in [-0.05, 0) is 44.4 Å². The molecule has 2 N–H and O–H groups in total. The van der Waals surface area contributed by atoms with Gasteiger partial charge in [0.1, 0.15) is 0 Å². The van der Waals surface area contributed by atoms with E-state index < -0.39 is 0 Å². The first-order chi connectivity index (χ1) is 5.14. The summed E-state index contributed by atoms with van der Waals surface area (Å²) in [6.45, 7) is 4.25. The Labute approximate surface area is 68.7 Å². The van der Waals surface area contributed by atoms with E-state index >= 15 is 0 Å². The van der Waals surface area contributed by atoms with Crippen LogP contribution < -0.4 is 5.73 Å². The number of hydrogen-bond acceptors (Lipinski definition) is 1. The van der Waals surface area contributed by atoms with Crippen LogP contribution in [0.5, 0.6) is 0 Å². The van der Waals surface area contributed by atoms with Crippen molar-refractivity contribution in [3.8, 4) is 0 Å². The molecule has 0 amide bonds. The van der Waals surface area contributed by atoms with Gasteiger partial charge in [-0.25, -0.2) is 0 Å². The minimum Gasteiger partial charge on any atom is -0.324 e. The topological polar surface area (TPSA) is 26.0 Å². The fraction of sp³-hybridized carbons (Fsp3) is 0.800. The van der Waals surface area contributed by atoms with Crippen molar-refractivity contribution < 1.29 is 0 Å². The van der Waals surface area contributed by atoms with Crippen LogP contribution in [-0.4, -0.2) is 6.04 Å². The number of allylic oxidation sites excluding steroid dienone is 1. The molecule has 0 aromatic carbocycles. The summed E-state index contributed by atoms with van der Waals surface area (Å²) in [5.74, 6) is 0.831. The molecule has 0 bridgehead atoms. The van der Waals surface area contributed by atoms with Crippen LogP contribution >= 0.6 is 0 Å². The zero-order chi connectivity index (χ0) is 8.06. The van der Waals surface area contributed by atoms with E-state index in [2.05, 4.69) is 19.9 Å². The van der Waals surface area contributed by atoms with Gasteiger partial charge in [-0.3, -0.25) is 0 Å². The molecule has 0 radical (unpaired) electrons. The molecule has 2 fully saturated rings. The molecule has 0 saturated heterocycles. The van der Waals surface area contributed by atoms with Gasteiger partial charge in [0.25, 0.3) is 0 Å². The summed E-state index contributed by atoms with van der Waals surface area (Å²) in [7, 11) is 0. The van der Waals surface area contributed by atoms with Crippen molar-refractivity contribution in [2.75, 3.05) is 0 Å². The highest BCUT2D eigenvalue weighted by Crippen LogP contribution is 2.71. The normalized spacial score (nSPS) is 33.2. The second-order valence-electron chi connectivity index (χ2n) is 4.49. The van der Waals surface area contributed by atoms with Gasteiger partial charge in [-0.2, -0.15) is 0 Å². The van der Waals surface area contributed by atoms with Gasteiger partial charge in [0.05, 0.1) is 0 Å². The average Bonchev–Trinajstić information content (AvgIpc) is 2.73. The fourth-order valence-electron chi connectivity index (χ4n) is 2.16. The molecule has 0 aliphatic heterocycles. The zero-order valence-electron chi connectivity index (χ0n) is 7.43. The largest absolute Gasteiger partial charge is 0.324 e. The summed E-state index contributed by atoms with van der Waals surface area (Å²) in [5.41, 5.74) is 8.14. The molecule has 62 valence electrons. The van der Waals surface area contributed by atoms with Crippen LogP contribution in [-0.2, 0) is 0 Å². The lowest BCUT2D eigenvalue weighted by molar-refractivity contribution is 0.626. The quantitative estimate of drug-likeness (QED) is 0.601. The predicted molar refractivity (Wildman–Crippen MR) is 47.2 cm³/mol. The molecule has 0 aromatic heterocycles. The van der Waals surface area contributed by atoms with Gasteiger partial charge in [0.15, 0.2) is 0 Å². The van der Waals surface area contributed by atoms with Crippen molar-refractivity contribution in [1.29, 1.82) is 0 Å². The van der Waals surface area contributed by atoms with Crippen molar-refractivity contribution in [2.45, 2.75) is 39.2 Å². The van der Waals surface area contributed by atoms with Gasteiger partial charge < -0.3 is 5.73 Å². The van der Waals surface area contributed by atoms with Gasteiger partial charge in [0.2, 0.25) is 0 Å². The Balaban J connectivity index is 1.92. The molecule has 0 heterocycles. The summed E-state index contributed by atoms with van der Waals surface area (Å²) in [6, 6.07) is 0.350. The Morgan fingerprint density at radius 3 is 2.55 bits per heavy atom. The average molecular weight is 151 g/mol. The SMILES string of the molecule is CC(C)=CC(N)C1CC12CC2. The molecule has 2 aliphatic rings. The molecule has 1 spiro atoms. The summed E-state index contributed by atoms with van der Waals surface area (Å²) < 4.78 is 0. The standard InChI is InChI=1S/C10H17N/c1-7(2)5-9(11)8-6-10(8)3-4-10/h5,8-9H,3-4,6,11H2,1-2H3. The van der Waals surface area contributed by atoms with E-state index in [4.69, 9.17) is 5.73 Å². The van der Waals surface area contributed by atoms with Gasteiger partial charge in [-0.15, -0.1) is 0 Å². The number of hydrogen-bond donors (Lipinski definition) is 1. The van der Waals surface area contributed by atoms with Crippen LogP contribution in [0.2, 0.25) is 0 Å². The predicted octanol–water partition coefficient (Wildman–Crippen LogP) is 2.08. The summed E-state index contributed by atoms with van der Waals surface area (Å²) in [4.78, 5) is 0. The Morgan fingerprint density at radius 1 is 1.55 bits per heavy atom. The van der Waals surface area contributed by atoms with E-state index in [9.17, 15) is 0 Å². The van der Waals surface area contributed by atoms with Crippen LogP contribution in [0.25, 0.3) is 0 Å². The van der Waals surface area contributed by atoms with Crippen molar-refractivity contribution in [3.63, 3.8) is 0 Å². The molecule has 1 nitrogen and oxygen atoms in total. The highest BCUT2D eigenvalue weighted by atomic mass is 14.8. The first-order valence-electron chi connectivity index (χ1n) is 4.55. The van der Waals surface area contributed by atoms with Crippen LogP contribution in [0.15, 0.2) is 11.6 Å². The van der Waals surface area contributed by atoms with Crippen LogP contribution in [0.1, 0.15) is 33.1 Å². The molecule has 2 unspecified atom stereocenters. The zero-order valence-corrected chi connectivity index (χ0v) is 7.43. The fourth-order valence-corrected chi connectivity index (χ4v) is 2.16. The minimum absolute atomic E-state index is 0.350. The maximum absolute atomic E-state index is 6.02. The maximum atomic E-state index is 6.02. The molecular weight excluding hydrogens is 134 g/mol. The van der Waals surface area contributed by atoms with Crippen molar-refractivity contribution in [3.05, 3.63) is 11.6 Å². The first-order valence-corrected chi connectivity index (χ1v) is 4.55. The summed E-state index contributed by atoms with van der Waals surface area (Å²) >= 11 is 0. The lowest BCUT2D eigenvalue weighted by Gasteiger charge is -2.05. The second kappa shape index (κ2) is 2.10. The monoisotopic (exact) mass is 151 g/mol. The van der Waals surface area contributed by atoms with E-state index in [0.717, 1.165) is 11.3 Å². The van der Waals surface area contributed by atoms with Crippen LogP contribution in [0.4, 0.5) is 0 Å². The van der Waals surface area contributed by atoms with Gasteiger partial charge in [-0.1, -0.05) is 11.6 Å². The van der Waals surface area contributed by atoms with Crippen LogP contribution in [0.3, 0.4) is 0 Å². The summed E-state index contributed by atoms with van der Waals surface area (Å²) in [5, 5.41) is 0. The third kappa shape index (κ3) is 1.22. The van der Waals surface area contributed by atoms with Crippen molar-refractivity contribution >= 4 is 0 Å². The molecule has 2 saturated carbocycles. The highest BCUT2D eigenvalue weighted by molar-refractivity contribution is 5.19. The Hall–Kier alpha value is -0.300. The van der Waals surface area contributed by atoms with E-state index in [0.29, 0.717) is 6.04 Å². The van der Waals surface area contributed by atoms with Crippen molar-refractivity contribution in [1.82, 2.24) is 0 Å². The lowest BCUT2D eigenvalue weighted by Crippen LogP contribution is -2.20. The molecule has 0 aromatic rings. The molecule has 11 heavy (non-hydrogen) atoms. The highest BCUT2D eigenvalue weighted by Gasteiger charge is 2.63. The van der Waals surface area contributed by atoms with E-state index in [1.54, 1.807) is 0 Å². The van der Waals surface area contributed by atoms with E-state index in [1.165, 1.54) is 24.8 Å². The van der Waals surface area contributed by atoms with E-state index in [1.807, 2.05) is 0 Å². The van der Waals surface area contributed by atoms with Crippen molar-refractivity contribution in [2.24, 2.45) is 17.1 Å². The van der Waals surface area contributed by atoms with E-state index in [-0.39, 0.29) is 0 Å². The number of rotatable bonds is 2. The second-order valence-corrected chi connectivity index (χ2v) is 4.49. The third-order valence-corrected chi connectivity index (χ3v) is 3.14. The first kappa shape index (κ1) is 7.35.